The molecule has 3 N–H and O–H groups in total. The molecule has 3 heterocycles. The number of nitrogens with two attached hydrogens (primary N) is 1. The van der Waals surface area contributed by atoms with Gasteiger partial charge < -0.3 is 15.8 Å². The first-order valence-electron chi connectivity index (χ1n) is 5.53. The first kappa shape index (κ1) is 10.3. The average Bonchev–Trinajstić information content (AvgIpc) is 2.59. The Morgan fingerprint density at radius 2 is 2.31 bits per heavy atom. The fourth-order valence-corrected chi connectivity index (χ4v) is 3.53. The molecular weight excluding hydrogens is 224 g/mol. The van der Waals surface area contributed by atoms with E-state index in [4.69, 9.17) is 10.5 Å². The number of nitrogens with one attached hydrogen (secondary N) is 1. The molecule has 0 saturated carbocycles. The highest BCUT2D eigenvalue weighted by Crippen LogP contribution is 2.41. The minimum absolute atomic E-state index is 0.00968. The summed E-state index contributed by atoms with van der Waals surface area (Å²) in [5, 5.41) is 2.97. The number of hydrogen-bond donors (Lipinski definition) is 2. The summed E-state index contributed by atoms with van der Waals surface area (Å²) < 4.78 is 5.45. The largest absolute Gasteiger partial charge is 0.376 e. The quantitative estimate of drug-likeness (QED) is 0.721. The first-order chi connectivity index (χ1) is 7.75. The van der Waals surface area contributed by atoms with E-state index in [-0.39, 0.29) is 11.9 Å². The lowest BCUT2D eigenvalue weighted by Gasteiger charge is -2.13. The van der Waals surface area contributed by atoms with Crippen LogP contribution < -0.4 is 11.1 Å². The Kier molecular flexibility index (Phi) is 2.46. The molecule has 1 aromatic heterocycles. The maximum Gasteiger partial charge on any atom is 0.224 e. The van der Waals surface area contributed by atoms with E-state index in [0.29, 0.717) is 13.0 Å². The molecule has 4 nitrogen and oxygen atoms in total. The molecule has 1 amide bonds. The van der Waals surface area contributed by atoms with E-state index < -0.39 is 0 Å². The van der Waals surface area contributed by atoms with Crippen molar-refractivity contribution in [1.29, 1.82) is 0 Å². The van der Waals surface area contributed by atoms with E-state index in [1.807, 2.05) is 0 Å². The van der Waals surface area contributed by atoms with Crippen LogP contribution in [0.3, 0.4) is 0 Å². The van der Waals surface area contributed by atoms with E-state index in [0.717, 1.165) is 35.6 Å². The molecule has 86 valence electrons. The molecule has 0 fully saturated rings. The lowest BCUT2D eigenvalue weighted by Crippen LogP contribution is -2.13. The number of ether oxygens (including phenoxy) is 1. The minimum Gasteiger partial charge on any atom is -0.376 e. The number of carbonyl (C=O) groups is 1. The van der Waals surface area contributed by atoms with E-state index in [1.165, 1.54) is 4.88 Å². The summed E-state index contributed by atoms with van der Waals surface area (Å²) in [5.41, 5.74) is 8.19. The molecule has 0 aromatic carbocycles. The SMILES string of the molecule is NC1CCC(=O)Nc2c1sc1c2COCC1. The lowest BCUT2D eigenvalue weighted by molar-refractivity contribution is -0.116. The Bertz CT molecular complexity index is 441. The molecular formula is C11H14N2O2S. The van der Waals surface area contributed by atoms with Crippen LogP contribution in [0, 0.1) is 0 Å². The van der Waals surface area contributed by atoms with Gasteiger partial charge in [0.05, 0.1) is 18.9 Å². The summed E-state index contributed by atoms with van der Waals surface area (Å²) in [6, 6.07) is -0.00968. The molecule has 1 unspecified atom stereocenters. The van der Waals surface area contributed by atoms with Crippen molar-refractivity contribution in [2.45, 2.75) is 31.9 Å². The maximum atomic E-state index is 11.6. The summed E-state index contributed by atoms with van der Waals surface area (Å²) in [6.07, 6.45) is 2.19. The number of rotatable bonds is 0. The highest BCUT2D eigenvalue weighted by Gasteiger charge is 2.27. The van der Waals surface area contributed by atoms with E-state index >= 15 is 0 Å². The van der Waals surface area contributed by atoms with Gasteiger partial charge in [-0.1, -0.05) is 0 Å². The number of hydrogen-bond acceptors (Lipinski definition) is 4. The van der Waals surface area contributed by atoms with Gasteiger partial charge in [0.1, 0.15) is 0 Å². The van der Waals surface area contributed by atoms with Crippen LogP contribution in [0.25, 0.3) is 0 Å². The molecule has 0 radical (unpaired) electrons. The van der Waals surface area contributed by atoms with Gasteiger partial charge in [-0.3, -0.25) is 4.79 Å². The number of fused-ring (bicyclic) bond motifs is 3. The second-order valence-corrected chi connectivity index (χ2v) is 5.38. The van der Waals surface area contributed by atoms with E-state index in [2.05, 4.69) is 5.32 Å². The summed E-state index contributed by atoms with van der Waals surface area (Å²) >= 11 is 1.74. The molecule has 0 bridgehead atoms. The molecule has 0 spiro atoms. The third-order valence-electron chi connectivity index (χ3n) is 3.12. The first-order valence-corrected chi connectivity index (χ1v) is 6.35. The average molecular weight is 238 g/mol. The second kappa shape index (κ2) is 3.84. The van der Waals surface area contributed by atoms with Gasteiger partial charge in [0.2, 0.25) is 5.91 Å². The van der Waals surface area contributed by atoms with Crippen molar-refractivity contribution in [2.24, 2.45) is 5.73 Å². The van der Waals surface area contributed by atoms with Crippen molar-refractivity contribution in [2.75, 3.05) is 11.9 Å². The fourth-order valence-electron chi connectivity index (χ4n) is 2.24. The summed E-state index contributed by atoms with van der Waals surface area (Å²) in [7, 11) is 0. The van der Waals surface area contributed by atoms with E-state index in [1.54, 1.807) is 11.3 Å². The van der Waals surface area contributed by atoms with Crippen LogP contribution in [0.1, 0.15) is 34.2 Å². The standard InChI is InChI=1S/C11H14N2O2S/c12-7-1-2-9(14)13-10-6-5-15-4-3-8(6)16-11(7)10/h7H,1-5,12H2,(H,13,14). The summed E-state index contributed by atoms with van der Waals surface area (Å²) in [6.45, 7) is 1.38. The van der Waals surface area contributed by atoms with Crippen LogP contribution in [0.2, 0.25) is 0 Å². The van der Waals surface area contributed by atoms with Gasteiger partial charge in [0.25, 0.3) is 0 Å². The molecule has 16 heavy (non-hydrogen) atoms. The molecule has 2 aliphatic rings. The molecule has 1 aromatic rings. The third-order valence-corrected chi connectivity index (χ3v) is 4.55. The van der Waals surface area contributed by atoms with Crippen molar-refractivity contribution in [1.82, 2.24) is 0 Å². The summed E-state index contributed by atoms with van der Waals surface area (Å²) in [5.74, 6) is 0.0698. The molecule has 2 aliphatic heterocycles. The van der Waals surface area contributed by atoms with Crippen LogP contribution in [0.15, 0.2) is 0 Å². The Morgan fingerprint density at radius 1 is 1.44 bits per heavy atom. The minimum atomic E-state index is -0.00968. The van der Waals surface area contributed by atoms with Crippen molar-refractivity contribution in [3.05, 3.63) is 15.3 Å². The van der Waals surface area contributed by atoms with Crippen LogP contribution >= 0.6 is 11.3 Å². The zero-order valence-corrected chi connectivity index (χ0v) is 9.73. The highest BCUT2D eigenvalue weighted by atomic mass is 32.1. The Labute approximate surface area is 97.8 Å². The van der Waals surface area contributed by atoms with Gasteiger partial charge in [-0.05, 0) is 6.42 Å². The Morgan fingerprint density at radius 3 is 3.19 bits per heavy atom. The van der Waals surface area contributed by atoms with Crippen molar-refractivity contribution >= 4 is 22.9 Å². The molecule has 5 heteroatoms. The Balaban J connectivity index is 2.10. The smallest absolute Gasteiger partial charge is 0.224 e. The van der Waals surface area contributed by atoms with E-state index in [9.17, 15) is 4.79 Å². The van der Waals surface area contributed by atoms with Gasteiger partial charge in [-0.25, -0.2) is 0 Å². The summed E-state index contributed by atoms with van der Waals surface area (Å²) in [4.78, 5) is 14.0. The molecule has 3 rings (SSSR count). The van der Waals surface area contributed by atoms with Crippen molar-refractivity contribution in [3.63, 3.8) is 0 Å². The van der Waals surface area contributed by atoms with Gasteiger partial charge in [0, 0.05) is 34.2 Å². The second-order valence-electron chi connectivity index (χ2n) is 4.24. The van der Waals surface area contributed by atoms with Crippen LogP contribution in [0.4, 0.5) is 5.69 Å². The van der Waals surface area contributed by atoms with Crippen LogP contribution in [-0.4, -0.2) is 12.5 Å². The van der Waals surface area contributed by atoms with Gasteiger partial charge in [-0.2, -0.15) is 0 Å². The van der Waals surface area contributed by atoms with Gasteiger partial charge in [0.15, 0.2) is 0 Å². The van der Waals surface area contributed by atoms with Crippen LogP contribution in [-0.2, 0) is 22.6 Å². The van der Waals surface area contributed by atoms with Crippen LogP contribution in [0.5, 0.6) is 0 Å². The zero-order chi connectivity index (χ0) is 11.1. The van der Waals surface area contributed by atoms with Crippen molar-refractivity contribution < 1.29 is 9.53 Å². The maximum absolute atomic E-state index is 11.6. The number of amides is 1. The van der Waals surface area contributed by atoms with Crippen molar-refractivity contribution in [3.8, 4) is 0 Å². The zero-order valence-electron chi connectivity index (χ0n) is 8.91. The Hall–Kier alpha value is -0.910. The topological polar surface area (TPSA) is 64.4 Å². The third kappa shape index (κ3) is 1.55. The van der Waals surface area contributed by atoms with Gasteiger partial charge >= 0.3 is 0 Å². The molecule has 0 saturated heterocycles. The lowest BCUT2D eigenvalue weighted by atomic mass is 10.1. The van der Waals surface area contributed by atoms with Gasteiger partial charge in [-0.15, -0.1) is 11.3 Å². The predicted octanol–water partition coefficient (Wildman–Crippen LogP) is 1.55. The molecule has 1 atom stereocenters. The normalized spacial score (nSPS) is 24.3. The highest BCUT2D eigenvalue weighted by molar-refractivity contribution is 7.13. The predicted molar refractivity (Wildman–Crippen MR) is 62.5 cm³/mol. The monoisotopic (exact) mass is 238 g/mol. The number of thiophene rings is 1. The number of anilines is 1. The number of carbonyl (C=O) groups excluding carboxylic acids is 1. The fraction of sp³-hybridized carbons (Fsp3) is 0.545. The molecule has 0 aliphatic carbocycles.